The van der Waals surface area contributed by atoms with Gasteiger partial charge in [-0.1, -0.05) is 26.7 Å². The van der Waals surface area contributed by atoms with Crippen LogP contribution in [-0.2, 0) is 0 Å². The molecule has 0 aromatic heterocycles. The quantitative estimate of drug-likeness (QED) is 0.696. The second-order valence-corrected chi connectivity index (χ2v) is 4.67. The van der Waals surface area contributed by atoms with Gasteiger partial charge >= 0.3 is 0 Å². The molecule has 0 atom stereocenters. The molecule has 4 heteroatoms. The summed E-state index contributed by atoms with van der Waals surface area (Å²) in [6.07, 6.45) is 2.40. The monoisotopic (exact) mass is 269 g/mol. The molecule has 1 aromatic rings. The molecule has 0 saturated heterocycles. The van der Waals surface area contributed by atoms with Crippen LogP contribution in [0, 0.1) is 17.6 Å². The van der Waals surface area contributed by atoms with E-state index < -0.39 is 11.6 Å². The summed E-state index contributed by atoms with van der Waals surface area (Å²) in [7, 11) is 0. The van der Waals surface area contributed by atoms with Crippen molar-refractivity contribution in [1.82, 2.24) is 0 Å². The number of nitrogens with zero attached hydrogens (tertiary/aromatic N) is 1. The molecule has 0 saturated carbocycles. The minimum Gasteiger partial charge on any atom is -0.367 e. The van der Waals surface area contributed by atoms with Crippen molar-refractivity contribution in [3.8, 4) is 0 Å². The topological polar surface area (TPSA) is 20.3 Å². The molecule has 0 aliphatic carbocycles. The summed E-state index contributed by atoms with van der Waals surface area (Å²) in [6.45, 7) is 7.17. The molecule has 0 radical (unpaired) electrons. The van der Waals surface area contributed by atoms with Crippen molar-refractivity contribution in [2.24, 2.45) is 5.92 Å². The van der Waals surface area contributed by atoms with E-state index in [9.17, 15) is 13.6 Å². The summed E-state index contributed by atoms with van der Waals surface area (Å²) < 4.78 is 27.9. The van der Waals surface area contributed by atoms with E-state index in [0.717, 1.165) is 25.0 Å². The highest BCUT2D eigenvalue weighted by atomic mass is 19.1. The molecule has 19 heavy (non-hydrogen) atoms. The molecule has 0 aliphatic rings. The first-order chi connectivity index (χ1) is 9.07. The summed E-state index contributed by atoms with van der Waals surface area (Å²) in [5.74, 6) is -0.936. The SMILES string of the molecule is CCC(CC)CN(CC)c1c(F)cc(C=O)cc1F. The highest BCUT2D eigenvalue weighted by Gasteiger charge is 2.19. The number of aldehydes is 1. The first-order valence-electron chi connectivity index (χ1n) is 6.76. The largest absolute Gasteiger partial charge is 0.367 e. The van der Waals surface area contributed by atoms with Crippen LogP contribution in [0.2, 0.25) is 0 Å². The smallest absolute Gasteiger partial charge is 0.150 e. The van der Waals surface area contributed by atoms with E-state index in [1.165, 1.54) is 0 Å². The Balaban J connectivity index is 3.07. The van der Waals surface area contributed by atoms with E-state index in [-0.39, 0.29) is 11.3 Å². The minimum atomic E-state index is -0.671. The van der Waals surface area contributed by atoms with Crippen LogP contribution in [0.25, 0.3) is 0 Å². The average molecular weight is 269 g/mol. The minimum absolute atomic E-state index is 0.0253. The Hall–Kier alpha value is -1.45. The van der Waals surface area contributed by atoms with E-state index in [2.05, 4.69) is 13.8 Å². The Morgan fingerprint density at radius 2 is 1.68 bits per heavy atom. The van der Waals surface area contributed by atoms with Gasteiger partial charge in [-0.15, -0.1) is 0 Å². The zero-order valence-electron chi connectivity index (χ0n) is 11.7. The zero-order chi connectivity index (χ0) is 14.4. The van der Waals surface area contributed by atoms with Crippen LogP contribution in [0.15, 0.2) is 12.1 Å². The normalized spacial score (nSPS) is 10.8. The molecular formula is C15H21F2NO. The first-order valence-corrected chi connectivity index (χ1v) is 6.76. The standard InChI is InChI=1S/C15H21F2NO/c1-4-11(5-2)9-18(6-3)15-13(16)7-12(10-19)8-14(15)17/h7-8,10-11H,4-6,9H2,1-3H3. The summed E-state index contributed by atoms with van der Waals surface area (Å²) in [4.78, 5) is 12.3. The van der Waals surface area contributed by atoms with Crippen molar-refractivity contribution >= 4 is 12.0 Å². The fraction of sp³-hybridized carbons (Fsp3) is 0.533. The maximum absolute atomic E-state index is 14.0. The van der Waals surface area contributed by atoms with E-state index in [1.807, 2.05) is 6.92 Å². The van der Waals surface area contributed by atoms with Gasteiger partial charge in [0.15, 0.2) is 0 Å². The van der Waals surface area contributed by atoms with Gasteiger partial charge < -0.3 is 4.90 Å². The number of rotatable bonds is 7. The fourth-order valence-corrected chi connectivity index (χ4v) is 2.19. The lowest BCUT2D eigenvalue weighted by Gasteiger charge is -2.28. The lowest BCUT2D eigenvalue weighted by Crippen LogP contribution is -2.30. The van der Waals surface area contributed by atoms with Gasteiger partial charge in [0.2, 0.25) is 0 Å². The fourth-order valence-electron chi connectivity index (χ4n) is 2.19. The van der Waals surface area contributed by atoms with Crippen molar-refractivity contribution in [2.75, 3.05) is 18.0 Å². The van der Waals surface area contributed by atoms with Crippen LogP contribution in [-0.4, -0.2) is 19.4 Å². The summed E-state index contributed by atoms with van der Waals surface area (Å²) in [5.41, 5.74) is -0.00247. The number of hydrogen-bond acceptors (Lipinski definition) is 2. The van der Waals surface area contributed by atoms with Gasteiger partial charge in [-0.25, -0.2) is 8.78 Å². The lowest BCUT2D eigenvalue weighted by atomic mass is 10.0. The Morgan fingerprint density at radius 1 is 1.16 bits per heavy atom. The summed E-state index contributed by atoms with van der Waals surface area (Å²) >= 11 is 0. The van der Waals surface area contributed by atoms with Crippen LogP contribution in [0.3, 0.4) is 0 Å². The summed E-state index contributed by atoms with van der Waals surface area (Å²) in [5, 5.41) is 0. The molecule has 0 amide bonds. The molecule has 0 heterocycles. The highest BCUT2D eigenvalue weighted by Crippen LogP contribution is 2.26. The van der Waals surface area contributed by atoms with Crippen molar-refractivity contribution in [2.45, 2.75) is 33.6 Å². The Kier molecular flexibility index (Phi) is 5.93. The van der Waals surface area contributed by atoms with Gasteiger partial charge in [0.05, 0.1) is 0 Å². The van der Waals surface area contributed by atoms with Gasteiger partial charge in [0.1, 0.15) is 23.6 Å². The Morgan fingerprint density at radius 3 is 2.05 bits per heavy atom. The molecule has 2 nitrogen and oxygen atoms in total. The van der Waals surface area contributed by atoms with Crippen molar-refractivity contribution in [3.05, 3.63) is 29.3 Å². The number of hydrogen-bond donors (Lipinski definition) is 0. The Bertz CT molecular complexity index is 407. The number of benzene rings is 1. The zero-order valence-corrected chi connectivity index (χ0v) is 11.7. The van der Waals surface area contributed by atoms with E-state index in [0.29, 0.717) is 25.3 Å². The predicted molar refractivity (Wildman–Crippen MR) is 73.7 cm³/mol. The second kappa shape index (κ2) is 7.22. The molecule has 106 valence electrons. The lowest BCUT2D eigenvalue weighted by molar-refractivity contribution is 0.112. The number of anilines is 1. The number of halogens is 2. The highest BCUT2D eigenvalue weighted by molar-refractivity contribution is 5.76. The van der Waals surface area contributed by atoms with Crippen LogP contribution in [0.5, 0.6) is 0 Å². The molecule has 0 unspecified atom stereocenters. The first kappa shape index (κ1) is 15.6. The molecule has 1 rings (SSSR count). The van der Waals surface area contributed by atoms with Gasteiger partial charge in [-0.3, -0.25) is 4.79 Å². The Labute approximate surface area is 113 Å². The third-order valence-electron chi connectivity index (χ3n) is 3.51. The van der Waals surface area contributed by atoms with E-state index in [4.69, 9.17) is 0 Å². The molecule has 0 fully saturated rings. The molecular weight excluding hydrogens is 248 g/mol. The van der Waals surface area contributed by atoms with Crippen LogP contribution < -0.4 is 4.90 Å². The van der Waals surface area contributed by atoms with E-state index >= 15 is 0 Å². The van der Waals surface area contributed by atoms with Gasteiger partial charge in [0.25, 0.3) is 0 Å². The third kappa shape index (κ3) is 3.75. The molecule has 1 aromatic carbocycles. The van der Waals surface area contributed by atoms with Crippen LogP contribution >= 0.6 is 0 Å². The maximum atomic E-state index is 14.0. The van der Waals surface area contributed by atoms with Gasteiger partial charge in [-0.05, 0) is 25.0 Å². The number of carbonyl (C=O) groups excluding carboxylic acids is 1. The number of carbonyl (C=O) groups is 1. The van der Waals surface area contributed by atoms with Crippen molar-refractivity contribution < 1.29 is 13.6 Å². The van der Waals surface area contributed by atoms with Crippen LogP contribution in [0.4, 0.5) is 14.5 Å². The summed E-state index contributed by atoms with van der Waals surface area (Å²) in [6, 6.07) is 2.17. The molecule has 0 aliphatic heterocycles. The van der Waals surface area contributed by atoms with Crippen molar-refractivity contribution in [1.29, 1.82) is 0 Å². The van der Waals surface area contributed by atoms with Crippen LogP contribution in [0.1, 0.15) is 44.0 Å². The third-order valence-corrected chi connectivity index (χ3v) is 3.51. The van der Waals surface area contributed by atoms with E-state index in [1.54, 1.807) is 4.90 Å². The van der Waals surface area contributed by atoms with Gasteiger partial charge in [0, 0.05) is 18.7 Å². The predicted octanol–water partition coefficient (Wildman–Crippen LogP) is 4.04. The van der Waals surface area contributed by atoms with Gasteiger partial charge in [-0.2, -0.15) is 0 Å². The molecule has 0 N–H and O–H groups in total. The average Bonchev–Trinajstić information content (AvgIpc) is 2.41. The molecule has 0 spiro atoms. The van der Waals surface area contributed by atoms with Crippen molar-refractivity contribution in [3.63, 3.8) is 0 Å². The molecule has 0 bridgehead atoms. The maximum Gasteiger partial charge on any atom is 0.150 e. The second-order valence-electron chi connectivity index (χ2n) is 4.67.